The molecular weight excluding hydrogens is 522 g/mol. The minimum Gasteiger partial charge on any atom is -0.508 e. The van der Waals surface area contributed by atoms with Gasteiger partial charge in [-0.05, 0) is 51.2 Å². The van der Waals surface area contributed by atoms with Gasteiger partial charge in [0, 0.05) is 55.3 Å². The Labute approximate surface area is 230 Å². The molecule has 1 fully saturated rings. The van der Waals surface area contributed by atoms with Crippen LogP contribution in [0, 0.1) is 11.8 Å². The summed E-state index contributed by atoms with van der Waals surface area (Å²) < 4.78 is 0. The SMILES string of the molecule is CN(C)c1cc(CNNC(=O)NC(C)(C)C)c(O)c2c1CC1C[C@H]3CC(=O)C(C(N)=O)=C(O)[C@@]3(O)C(=O)C1=C2O. The van der Waals surface area contributed by atoms with Gasteiger partial charge in [0.05, 0.1) is 5.56 Å². The number of anilines is 1. The summed E-state index contributed by atoms with van der Waals surface area (Å²) in [6.45, 7) is 5.40. The highest BCUT2D eigenvalue weighted by Crippen LogP contribution is 2.53. The van der Waals surface area contributed by atoms with Crippen LogP contribution in [0.25, 0.3) is 5.76 Å². The third-order valence-corrected chi connectivity index (χ3v) is 7.57. The number of ketones is 2. The van der Waals surface area contributed by atoms with E-state index in [2.05, 4.69) is 16.2 Å². The largest absolute Gasteiger partial charge is 0.508 e. The molecule has 0 bridgehead atoms. The highest BCUT2D eigenvalue weighted by molar-refractivity contribution is 6.22. The summed E-state index contributed by atoms with van der Waals surface area (Å²) in [6, 6.07) is 1.21. The number of amides is 3. The number of hydrogen-bond donors (Lipinski definition) is 8. The minimum atomic E-state index is -2.63. The fourth-order valence-corrected chi connectivity index (χ4v) is 5.85. The predicted octanol–water partition coefficient (Wildman–Crippen LogP) is 0.592. The number of carbonyl (C=O) groups is 4. The van der Waals surface area contributed by atoms with Crippen molar-refractivity contribution in [2.75, 3.05) is 19.0 Å². The molecule has 9 N–H and O–H groups in total. The van der Waals surface area contributed by atoms with Gasteiger partial charge in [-0.3, -0.25) is 19.8 Å². The number of nitrogens with two attached hydrogens (primary N) is 1. The lowest BCUT2D eigenvalue weighted by molar-refractivity contribution is -0.147. The second-order valence-electron chi connectivity index (χ2n) is 11.7. The second-order valence-corrected chi connectivity index (χ2v) is 11.7. The summed E-state index contributed by atoms with van der Waals surface area (Å²) in [4.78, 5) is 51.9. The third-order valence-electron chi connectivity index (χ3n) is 7.57. The van der Waals surface area contributed by atoms with Crippen LogP contribution in [0.5, 0.6) is 5.75 Å². The van der Waals surface area contributed by atoms with Crippen LogP contribution in [0.4, 0.5) is 10.5 Å². The fourth-order valence-electron chi connectivity index (χ4n) is 5.85. The van der Waals surface area contributed by atoms with Gasteiger partial charge in [-0.25, -0.2) is 10.2 Å². The minimum absolute atomic E-state index is 0.0192. The molecule has 3 aliphatic carbocycles. The van der Waals surface area contributed by atoms with Gasteiger partial charge in [0.1, 0.15) is 22.8 Å². The van der Waals surface area contributed by atoms with Crippen LogP contribution in [0.2, 0.25) is 0 Å². The predicted molar refractivity (Wildman–Crippen MR) is 144 cm³/mol. The Hall–Kier alpha value is -4.10. The van der Waals surface area contributed by atoms with Crippen molar-refractivity contribution in [2.24, 2.45) is 17.6 Å². The van der Waals surface area contributed by atoms with Gasteiger partial charge in [-0.15, -0.1) is 0 Å². The second kappa shape index (κ2) is 9.82. The van der Waals surface area contributed by atoms with Crippen LogP contribution in [0.3, 0.4) is 0 Å². The number of phenolic OH excluding ortho intramolecular Hbond substituents is 1. The van der Waals surface area contributed by atoms with E-state index in [1.165, 1.54) is 0 Å². The van der Waals surface area contributed by atoms with Crippen LogP contribution in [0.15, 0.2) is 23.0 Å². The number of aromatic hydroxyl groups is 1. The van der Waals surface area contributed by atoms with Crippen LogP contribution in [-0.2, 0) is 27.3 Å². The average Bonchev–Trinajstić information content (AvgIpc) is 2.81. The van der Waals surface area contributed by atoms with Crippen molar-refractivity contribution < 1.29 is 39.6 Å². The number of nitrogens with one attached hydrogen (secondary N) is 3. The monoisotopic (exact) mass is 557 g/mol. The summed E-state index contributed by atoms with van der Waals surface area (Å²) in [5.74, 6) is -6.81. The molecule has 216 valence electrons. The van der Waals surface area contributed by atoms with Crippen LogP contribution >= 0.6 is 0 Å². The van der Waals surface area contributed by atoms with Gasteiger partial charge >= 0.3 is 6.03 Å². The lowest BCUT2D eigenvalue weighted by Gasteiger charge is -2.46. The normalized spacial score (nSPS) is 24.2. The van der Waals surface area contributed by atoms with Crippen molar-refractivity contribution in [2.45, 2.75) is 57.7 Å². The van der Waals surface area contributed by atoms with Crippen molar-refractivity contribution in [3.05, 3.63) is 39.7 Å². The number of carbonyl (C=O) groups excluding carboxylic acids is 4. The van der Waals surface area contributed by atoms with Gasteiger partial charge in [0.15, 0.2) is 11.4 Å². The van der Waals surface area contributed by atoms with E-state index in [0.29, 0.717) is 16.8 Å². The van der Waals surface area contributed by atoms with E-state index in [1.54, 1.807) is 25.1 Å². The van der Waals surface area contributed by atoms with Crippen LogP contribution in [-0.4, -0.2) is 69.2 Å². The number of phenols is 1. The molecule has 0 aliphatic heterocycles. The molecule has 13 heteroatoms. The van der Waals surface area contributed by atoms with Crippen molar-refractivity contribution in [1.29, 1.82) is 0 Å². The molecule has 0 radical (unpaired) electrons. The van der Waals surface area contributed by atoms with Crippen molar-refractivity contribution in [1.82, 2.24) is 16.2 Å². The van der Waals surface area contributed by atoms with Crippen LogP contribution < -0.4 is 26.8 Å². The Kier molecular flexibility index (Phi) is 7.10. The molecule has 13 nitrogen and oxygen atoms in total. The molecule has 1 saturated carbocycles. The first kappa shape index (κ1) is 28.9. The van der Waals surface area contributed by atoms with E-state index >= 15 is 0 Å². The number of rotatable bonds is 5. The quantitative estimate of drug-likeness (QED) is 0.186. The zero-order chi connectivity index (χ0) is 29.9. The third kappa shape index (κ3) is 4.64. The molecule has 1 unspecified atom stereocenters. The molecule has 0 aromatic heterocycles. The van der Waals surface area contributed by atoms with Gasteiger partial charge in [0.25, 0.3) is 5.91 Å². The molecule has 4 rings (SSSR count). The molecule has 3 aliphatic rings. The number of nitrogens with zero attached hydrogens (tertiary/aromatic N) is 1. The molecule has 3 atom stereocenters. The number of benzene rings is 1. The first-order chi connectivity index (χ1) is 18.5. The molecule has 1 aromatic rings. The Morgan fingerprint density at radius 2 is 1.80 bits per heavy atom. The molecule has 0 spiro atoms. The number of urea groups is 1. The summed E-state index contributed by atoms with van der Waals surface area (Å²) in [5.41, 5.74) is 7.75. The Bertz CT molecular complexity index is 1390. The van der Waals surface area contributed by atoms with Gasteiger partial charge in [0.2, 0.25) is 5.78 Å². The van der Waals surface area contributed by atoms with Gasteiger partial charge < -0.3 is 36.4 Å². The van der Waals surface area contributed by atoms with E-state index < -0.39 is 63.6 Å². The standard InChI is InChI=1S/C27H35N5O8/c1-26(2,3)30-25(39)31-29-10-12-8-15(32(4)5)14-7-11-6-13-9-16(33)19(24(28)38)23(37)27(13,40)22(36)17(11)21(35)18(14)20(12)34/h8,11,13,29,34-35,37,40H,6-7,9-10H2,1-5H3,(H2,28,38)(H2,30,31,39)/t11?,13-,27-/m0/s1. The number of hydrazine groups is 1. The molecular formula is C27H35N5O8. The molecule has 0 heterocycles. The lowest BCUT2D eigenvalue weighted by atomic mass is 9.59. The molecule has 1 aromatic carbocycles. The lowest BCUT2D eigenvalue weighted by Crippen LogP contribution is -2.58. The zero-order valence-electron chi connectivity index (χ0n) is 23.0. The maximum absolute atomic E-state index is 13.7. The summed E-state index contributed by atoms with van der Waals surface area (Å²) in [5, 5.41) is 47.5. The molecule has 3 amide bonds. The summed E-state index contributed by atoms with van der Waals surface area (Å²) >= 11 is 0. The smallest absolute Gasteiger partial charge is 0.329 e. The Morgan fingerprint density at radius 1 is 1.15 bits per heavy atom. The van der Waals surface area contributed by atoms with Crippen molar-refractivity contribution >= 4 is 35.0 Å². The number of aliphatic hydroxyl groups is 3. The maximum atomic E-state index is 13.7. The average molecular weight is 558 g/mol. The topological polar surface area (TPSA) is 215 Å². The van der Waals surface area contributed by atoms with Crippen molar-refractivity contribution in [3.8, 4) is 5.75 Å². The number of Topliss-reactive ketones (excluding diaryl/α,β-unsaturated/α-hetero) is 2. The van der Waals surface area contributed by atoms with E-state index in [1.807, 2.05) is 20.8 Å². The van der Waals surface area contributed by atoms with Crippen molar-refractivity contribution in [3.63, 3.8) is 0 Å². The van der Waals surface area contributed by atoms with E-state index in [0.717, 1.165) is 0 Å². The van der Waals surface area contributed by atoms with Gasteiger partial charge in [-0.2, -0.15) is 0 Å². The van der Waals surface area contributed by atoms with Crippen LogP contribution in [0.1, 0.15) is 50.3 Å². The summed E-state index contributed by atoms with van der Waals surface area (Å²) in [7, 11) is 3.54. The number of aliphatic hydroxyl groups excluding tert-OH is 2. The highest BCUT2D eigenvalue weighted by atomic mass is 16.3. The van der Waals surface area contributed by atoms with E-state index in [9.17, 15) is 39.6 Å². The molecule has 40 heavy (non-hydrogen) atoms. The number of primary amides is 1. The first-order valence-electron chi connectivity index (χ1n) is 12.8. The summed E-state index contributed by atoms with van der Waals surface area (Å²) in [6.07, 6.45) is -0.143. The fraction of sp³-hybridized carbons (Fsp3) is 0.481. The zero-order valence-corrected chi connectivity index (χ0v) is 23.0. The number of hydrogen-bond acceptors (Lipinski definition) is 10. The Morgan fingerprint density at radius 3 is 2.38 bits per heavy atom. The van der Waals surface area contributed by atoms with E-state index in [-0.39, 0.29) is 42.7 Å². The van der Waals surface area contributed by atoms with E-state index in [4.69, 9.17) is 5.73 Å². The van der Waals surface area contributed by atoms with Gasteiger partial charge in [-0.1, -0.05) is 0 Å². The first-order valence-corrected chi connectivity index (χ1v) is 12.8. The molecule has 0 saturated heterocycles. The highest BCUT2D eigenvalue weighted by Gasteiger charge is 2.60. The Balaban J connectivity index is 1.77. The maximum Gasteiger partial charge on any atom is 0.329 e. The number of fused-ring (bicyclic) bond motifs is 3.